The highest BCUT2D eigenvalue weighted by molar-refractivity contribution is 6.01. The van der Waals surface area contributed by atoms with Crippen molar-refractivity contribution in [2.24, 2.45) is 0 Å². The van der Waals surface area contributed by atoms with E-state index in [1.54, 1.807) is 13.2 Å². The van der Waals surface area contributed by atoms with E-state index in [0.717, 1.165) is 0 Å². The molecule has 0 aromatic heterocycles. The summed E-state index contributed by atoms with van der Waals surface area (Å²) in [6, 6.07) is 0. The van der Waals surface area contributed by atoms with Crippen LogP contribution in [0.4, 0.5) is 0 Å². The minimum Gasteiger partial charge on any atom is -0.368 e. The van der Waals surface area contributed by atoms with Crippen molar-refractivity contribution < 1.29 is 14.3 Å². The lowest BCUT2D eigenvalue weighted by Gasteiger charge is -2.32. The third-order valence-corrected chi connectivity index (χ3v) is 2.46. The van der Waals surface area contributed by atoms with Crippen molar-refractivity contribution in [2.45, 2.75) is 25.9 Å². The Hall–Kier alpha value is -1.42. The number of carbonyl (C=O) groups excluding carboxylic acids is 2. The van der Waals surface area contributed by atoms with E-state index in [4.69, 9.17) is 4.74 Å². The minimum absolute atomic E-state index is 0.139. The molecule has 0 radical (unpaired) electrons. The molecule has 0 saturated carbocycles. The van der Waals surface area contributed by atoms with Crippen LogP contribution < -0.4 is 5.32 Å². The van der Waals surface area contributed by atoms with Crippen molar-refractivity contribution in [1.82, 2.24) is 5.32 Å². The number of methoxy groups -OCH3 is 1. The van der Waals surface area contributed by atoms with Crippen LogP contribution in [0.25, 0.3) is 0 Å². The number of ketones is 1. The maximum absolute atomic E-state index is 11.2. The number of hydrogen-bond acceptors (Lipinski definition) is 3. The first kappa shape index (κ1) is 11.7. The van der Waals surface area contributed by atoms with Crippen molar-refractivity contribution in [2.75, 3.05) is 7.11 Å². The summed E-state index contributed by atoms with van der Waals surface area (Å²) >= 11 is 0. The second-order valence-electron chi connectivity index (χ2n) is 3.42. The molecule has 1 aliphatic rings. The monoisotopic (exact) mass is 209 g/mol. The third-order valence-electron chi connectivity index (χ3n) is 2.46. The Labute approximate surface area is 89.0 Å². The van der Waals surface area contributed by atoms with Gasteiger partial charge in [0.25, 0.3) is 0 Å². The predicted molar refractivity (Wildman–Crippen MR) is 56.1 cm³/mol. The van der Waals surface area contributed by atoms with E-state index >= 15 is 0 Å². The van der Waals surface area contributed by atoms with E-state index in [1.807, 2.05) is 6.92 Å². The fourth-order valence-electron chi connectivity index (χ4n) is 1.58. The molecule has 1 aliphatic carbocycles. The predicted octanol–water partition coefficient (Wildman–Crippen LogP) is 0.940. The van der Waals surface area contributed by atoms with Gasteiger partial charge in [0.15, 0.2) is 5.78 Å². The summed E-state index contributed by atoms with van der Waals surface area (Å²) in [7, 11) is 1.55. The fourth-order valence-corrected chi connectivity index (χ4v) is 1.58. The Bertz CT molecular complexity index is 338. The molecule has 1 atom stereocenters. The van der Waals surface area contributed by atoms with Crippen LogP contribution in [0, 0.1) is 0 Å². The molecule has 1 N–H and O–H groups in total. The Morgan fingerprint density at radius 3 is 2.73 bits per heavy atom. The number of allylic oxidation sites excluding steroid dienone is 2. The maximum atomic E-state index is 11.2. The summed E-state index contributed by atoms with van der Waals surface area (Å²) in [5.41, 5.74) is -0.174. The van der Waals surface area contributed by atoms with Crippen LogP contribution in [0.15, 0.2) is 23.9 Å². The highest BCUT2D eigenvalue weighted by Crippen LogP contribution is 2.27. The van der Waals surface area contributed by atoms with Crippen LogP contribution in [0.2, 0.25) is 0 Å². The van der Waals surface area contributed by atoms with Crippen molar-refractivity contribution in [3.8, 4) is 0 Å². The zero-order valence-electron chi connectivity index (χ0n) is 9.16. The first-order valence-electron chi connectivity index (χ1n) is 4.82. The molecule has 0 saturated heterocycles. The van der Waals surface area contributed by atoms with Gasteiger partial charge < -0.3 is 10.1 Å². The lowest BCUT2D eigenvalue weighted by atomic mass is 9.90. The van der Waals surface area contributed by atoms with Gasteiger partial charge in [0.05, 0.1) is 5.70 Å². The van der Waals surface area contributed by atoms with E-state index in [-0.39, 0.29) is 11.7 Å². The summed E-state index contributed by atoms with van der Waals surface area (Å²) in [6.07, 6.45) is 5.19. The molecule has 0 fully saturated rings. The minimum atomic E-state index is -0.681. The van der Waals surface area contributed by atoms with Gasteiger partial charge in [-0.25, -0.2) is 0 Å². The van der Waals surface area contributed by atoms with E-state index in [1.165, 1.54) is 19.1 Å². The quantitative estimate of drug-likeness (QED) is 0.752. The molecule has 0 spiro atoms. The third kappa shape index (κ3) is 2.33. The summed E-state index contributed by atoms with van der Waals surface area (Å²) in [4.78, 5) is 22.2. The van der Waals surface area contributed by atoms with Crippen LogP contribution >= 0.6 is 0 Å². The molecule has 0 aliphatic heterocycles. The van der Waals surface area contributed by atoms with Crippen LogP contribution in [0.5, 0.6) is 0 Å². The lowest BCUT2D eigenvalue weighted by Crippen LogP contribution is -2.41. The van der Waals surface area contributed by atoms with Gasteiger partial charge in [-0.2, -0.15) is 0 Å². The SMILES string of the molecule is CC[C@@]1(OC)C=CC(=O)C=C1NC(C)=O. The summed E-state index contributed by atoms with van der Waals surface area (Å²) in [5, 5.41) is 2.63. The molecule has 0 unspecified atom stereocenters. The van der Waals surface area contributed by atoms with Gasteiger partial charge in [-0.1, -0.05) is 6.92 Å². The van der Waals surface area contributed by atoms with E-state index in [2.05, 4.69) is 5.32 Å². The number of rotatable bonds is 3. The number of ether oxygens (including phenoxy) is 1. The molecule has 82 valence electrons. The van der Waals surface area contributed by atoms with Crippen LogP contribution in [-0.4, -0.2) is 24.4 Å². The molecular formula is C11H15NO3. The molecule has 1 amide bonds. The Morgan fingerprint density at radius 1 is 1.60 bits per heavy atom. The smallest absolute Gasteiger partial charge is 0.221 e. The Kier molecular flexibility index (Phi) is 3.42. The molecule has 4 nitrogen and oxygen atoms in total. The average Bonchev–Trinajstić information content (AvgIpc) is 2.18. The first-order chi connectivity index (χ1) is 7.04. The molecular weight excluding hydrogens is 194 g/mol. The second-order valence-corrected chi connectivity index (χ2v) is 3.42. The van der Waals surface area contributed by atoms with Crippen molar-refractivity contribution in [3.63, 3.8) is 0 Å². The Balaban J connectivity index is 3.04. The molecule has 0 heterocycles. The van der Waals surface area contributed by atoms with Gasteiger partial charge in [0, 0.05) is 20.1 Å². The number of carbonyl (C=O) groups is 2. The summed E-state index contributed by atoms with van der Waals surface area (Å²) in [5.74, 6) is -0.348. The molecule has 4 heteroatoms. The molecule has 0 aromatic rings. The fraction of sp³-hybridized carbons (Fsp3) is 0.455. The molecule has 1 rings (SSSR count). The highest BCUT2D eigenvalue weighted by atomic mass is 16.5. The standard InChI is InChI=1S/C11H15NO3/c1-4-11(15-3)6-5-9(14)7-10(11)12-8(2)13/h5-7H,4H2,1-3H3,(H,12,13)/t11-/m1/s1. The molecule has 15 heavy (non-hydrogen) atoms. The second kappa shape index (κ2) is 4.40. The number of hydrogen-bond donors (Lipinski definition) is 1. The van der Waals surface area contributed by atoms with Gasteiger partial charge in [-0.05, 0) is 18.6 Å². The van der Waals surface area contributed by atoms with Gasteiger partial charge in [0.1, 0.15) is 5.60 Å². The Morgan fingerprint density at radius 2 is 2.27 bits per heavy atom. The molecule has 0 bridgehead atoms. The zero-order chi connectivity index (χ0) is 11.5. The van der Waals surface area contributed by atoms with Crippen LogP contribution in [-0.2, 0) is 14.3 Å². The van der Waals surface area contributed by atoms with E-state index < -0.39 is 5.60 Å². The van der Waals surface area contributed by atoms with E-state index in [0.29, 0.717) is 12.1 Å². The van der Waals surface area contributed by atoms with E-state index in [9.17, 15) is 9.59 Å². The highest BCUT2D eigenvalue weighted by Gasteiger charge is 2.33. The molecule has 0 aromatic carbocycles. The van der Waals surface area contributed by atoms with Gasteiger partial charge in [-0.3, -0.25) is 9.59 Å². The maximum Gasteiger partial charge on any atom is 0.221 e. The largest absolute Gasteiger partial charge is 0.368 e. The lowest BCUT2D eigenvalue weighted by molar-refractivity contribution is -0.119. The van der Waals surface area contributed by atoms with Crippen molar-refractivity contribution in [1.29, 1.82) is 0 Å². The summed E-state index contributed by atoms with van der Waals surface area (Å²) in [6.45, 7) is 3.33. The van der Waals surface area contributed by atoms with Gasteiger partial charge in [-0.15, -0.1) is 0 Å². The van der Waals surface area contributed by atoms with Crippen LogP contribution in [0.3, 0.4) is 0 Å². The average molecular weight is 209 g/mol. The van der Waals surface area contributed by atoms with Gasteiger partial charge in [0.2, 0.25) is 5.91 Å². The normalized spacial score (nSPS) is 25.0. The number of amides is 1. The first-order valence-corrected chi connectivity index (χ1v) is 4.82. The number of nitrogens with one attached hydrogen (secondary N) is 1. The van der Waals surface area contributed by atoms with Gasteiger partial charge >= 0.3 is 0 Å². The van der Waals surface area contributed by atoms with Crippen LogP contribution in [0.1, 0.15) is 20.3 Å². The summed E-state index contributed by atoms with van der Waals surface area (Å²) < 4.78 is 5.37. The van der Waals surface area contributed by atoms with Crippen molar-refractivity contribution >= 4 is 11.7 Å². The zero-order valence-corrected chi connectivity index (χ0v) is 9.16. The topological polar surface area (TPSA) is 55.4 Å². The van der Waals surface area contributed by atoms with Crippen molar-refractivity contribution in [3.05, 3.63) is 23.9 Å².